The first-order chi connectivity index (χ1) is 9.17. The summed E-state index contributed by atoms with van der Waals surface area (Å²) in [6.07, 6.45) is 2.50. The minimum Gasteiger partial charge on any atom is -0.377 e. The quantitative estimate of drug-likeness (QED) is 0.700. The van der Waals surface area contributed by atoms with Crippen LogP contribution in [0.5, 0.6) is 0 Å². The van der Waals surface area contributed by atoms with Gasteiger partial charge in [0.15, 0.2) is 0 Å². The van der Waals surface area contributed by atoms with Crippen LogP contribution in [0.15, 0.2) is 22.7 Å². The van der Waals surface area contributed by atoms with Gasteiger partial charge in [-0.25, -0.2) is 4.39 Å². The molecule has 1 fully saturated rings. The molecule has 106 valence electrons. The zero-order valence-corrected chi connectivity index (χ0v) is 13.9. The number of rotatable bonds is 5. The van der Waals surface area contributed by atoms with Crippen molar-refractivity contribution in [3.8, 4) is 0 Å². The van der Waals surface area contributed by atoms with E-state index in [1.165, 1.54) is 6.07 Å². The lowest BCUT2D eigenvalue weighted by Gasteiger charge is -2.31. The number of benzene rings is 1. The van der Waals surface area contributed by atoms with E-state index in [0.29, 0.717) is 6.10 Å². The van der Waals surface area contributed by atoms with Crippen molar-refractivity contribution >= 4 is 31.9 Å². The molecule has 1 saturated heterocycles. The van der Waals surface area contributed by atoms with Gasteiger partial charge in [-0.1, -0.05) is 31.9 Å². The van der Waals surface area contributed by atoms with Crippen molar-refractivity contribution in [3.05, 3.63) is 34.1 Å². The Labute approximate surface area is 130 Å². The van der Waals surface area contributed by atoms with Gasteiger partial charge in [0.05, 0.1) is 12.7 Å². The van der Waals surface area contributed by atoms with Gasteiger partial charge in [-0.15, -0.1) is 0 Å². The first-order valence-corrected chi connectivity index (χ1v) is 8.43. The topological polar surface area (TPSA) is 12.5 Å². The fraction of sp³-hybridized carbons (Fsp3) is 0.571. The maximum atomic E-state index is 13.3. The van der Waals surface area contributed by atoms with E-state index in [2.05, 4.69) is 36.8 Å². The van der Waals surface area contributed by atoms with Crippen LogP contribution in [0.1, 0.15) is 18.4 Å². The van der Waals surface area contributed by atoms with Crippen molar-refractivity contribution in [2.45, 2.75) is 25.5 Å². The molecular formula is C14H18Br2FNO. The number of halogens is 3. The fourth-order valence-corrected chi connectivity index (χ4v) is 3.11. The molecule has 2 nitrogen and oxygen atoms in total. The maximum absolute atomic E-state index is 13.3. The van der Waals surface area contributed by atoms with Gasteiger partial charge in [0, 0.05) is 29.4 Å². The summed E-state index contributed by atoms with van der Waals surface area (Å²) in [6.45, 7) is 3.62. The van der Waals surface area contributed by atoms with Crippen molar-refractivity contribution in [1.82, 2.24) is 4.90 Å². The zero-order valence-electron chi connectivity index (χ0n) is 10.7. The third kappa shape index (κ3) is 5.14. The highest BCUT2D eigenvalue weighted by Gasteiger charge is 2.19. The van der Waals surface area contributed by atoms with Crippen molar-refractivity contribution < 1.29 is 9.13 Å². The van der Waals surface area contributed by atoms with Crippen LogP contribution in [-0.2, 0) is 11.3 Å². The van der Waals surface area contributed by atoms with E-state index in [1.54, 1.807) is 6.07 Å². The molecule has 1 aromatic carbocycles. The third-order valence-electron chi connectivity index (χ3n) is 3.29. The molecule has 0 bridgehead atoms. The largest absolute Gasteiger partial charge is 0.377 e. The first-order valence-electron chi connectivity index (χ1n) is 6.52. The van der Waals surface area contributed by atoms with Crippen molar-refractivity contribution in [1.29, 1.82) is 0 Å². The molecule has 0 N–H and O–H groups in total. The Bertz CT molecular complexity index is 388. The lowest BCUT2D eigenvalue weighted by atomic mass is 10.1. The van der Waals surface area contributed by atoms with E-state index < -0.39 is 0 Å². The minimum atomic E-state index is -0.181. The van der Waals surface area contributed by atoms with Crippen LogP contribution in [0.3, 0.4) is 0 Å². The van der Waals surface area contributed by atoms with Crippen LogP contribution in [0.4, 0.5) is 4.39 Å². The number of piperidine rings is 1. The van der Waals surface area contributed by atoms with Gasteiger partial charge in [-0.2, -0.15) is 0 Å². The Morgan fingerprint density at radius 3 is 2.63 bits per heavy atom. The van der Waals surface area contributed by atoms with Gasteiger partial charge in [-0.05, 0) is 36.6 Å². The second kappa shape index (κ2) is 7.72. The highest BCUT2D eigenvalue weighted by molar-refractivity contribution is 9.10. The molecule has 0 atom stereocenters. The van der Waals surface area contributed by atoms with Gasteiger partial charge in [0.1, 0.15) is 5.82 Å². The van der Waals surface area contributed by atoms with E-state index >= 15 is 0 Å². The lowest BCUT2D eigenvalue weighted by Crippen LogP contribution is -2.36. The van der Waals surface area contributed by atoms with E-state index in [4.69, 9.17) is 4.74 Å². The van der Waals surface area contributed by atoms with Crippen LogP contribution in [0, 0.1) is 5.82 Å². The second-order valence-electron chi connectivity index (χ2n) is 4.81. The summed E-state index contributed by atoms with van der Waals surface area (Å²) in [6, 6.07) is 5.08. The molecule has 0 spiro atoms. The number of hydrogen-bond acceptors (Lipinski definition) is 2. The molecule has 0 unspecified atom stereocenters. The number of alkyl halides is 1. The summed E-state index contributed by atoms with van der Waals surface area (Å²) in [5.41, 5.74) is 1.02. The second-order valence-corrected chi connectivity index (χ2v) is 6.52. The number of ether oxygens (including phenoxy) is 1. The van der Waals surface area contributed by atoms with E-state index in [0.717, 1.165) is 54.4 Å². The molecule has 0 aliphatic carbocycles. The summed E-state index contributed by atoms with van der Waals surface area (Å²) in [4.78, 5) is 2.36. The van der Waals surface area contributed by atoms with Crippen molar-refractivity contribution in [2.75, 3.05) is 25.0 Å². The molecule has 0 amide bonds. The third-order valence-corrected chi connectivity index (χ3v) is 4.08. The number of likely N-dealkylation sites (tertiary alicyclic amines) is 1. The highest BCUT2D eigenvalue weighted by Crippen LogP contribution is 2.19. The predicted molar refractivity (Wildman–Crippen MR) is 82.1 cm³/mol. The number of hydrogen-bond donors (Lipinski definition) is 0. The molecule has 0 saturated carbocycles. The normalized spacial score (nSPS) is 17.8. The van der Waals surface area contributed by atoms with Crippen molar-refractivity contribution in [2.24, 2.45) is 0 Å². The SMILES string of the molecule is Fc1cc(Br)cc(CN2CCC(OCCBr)CC2)c1. The molecule has 19 heavy (non-hydrogen) atoms. The summed E-state index contributed by atoms with van der Waals surface area (Å²) in [5, 5.41) is 0.893. The Hall–Kier alpha value is 0.0300. The van der Waals surface area contributed by atoms with Gasteiger partial charge in [-0.3, -0.25) is 4.90 Å². The van der Waals surface area contributed by atoms with Gasteiger partial charge >= 0.3 is 0 Å². The van der Waals surface area contributed by atoms with Gasteiger partial charge in [0.25, 0.3) is 0 Å². The molecule has 1 aliphatic heterocycles. The summed E-state index contributed by atoms with van der Waals surface area (Å²) >= 11 is 6.70. The molecule has 0 aromatic heterocycles. The Morgan fingerprint density at radius 2 is 2.00 bits per heavy atom. The predicted octanol–water partition coefficient (Wildman–Crippen LogP) is 3.96. The summed E-state index contributed by atoms with van der Waals surface area (Å²) < 4.78 is 19.8. The summed E-state index contributed by atoms with van der Waals surface area (Å²) in [7, 11) is 0. The fourth-order valence-electron chi connectivity index (χ4n) is 2.41. The lowest BCUT2D eigenvalue weighted by molar-refractivity contribution is 0.0141. The standard InChI is InChI=1S/C14H18Br2FNO/c15-3-6-19-14-1-4-18(5-2-14)10-11-7-12(16)9-13(17)8-11/h7-9,14H,1-6,10H2. The zero-order chi connectivity index (χ0) is 13.7. The molecule has 0 radical (unpaired) electrons. The molecule has 1 heterocycles. The average Bonchev–Trinajstić information content (AvgIpc) is 2.37. The summed E-state index contributed by atoms with van der Waals surface area (Å²) in [5.74, 6) is -0.181. The molecule has 1 aliphatic rings. The first kappa shape index (κ1) is 15.4. The monoisotopic (exact) mass is 393 g/mol. The van der Waals surface area contributed by atoms with E-state index in [1.807, 2.05) is 6.07 Å². The number of nitrogens with zero attached hydrogens (tertiary/aromatic N) is 1. The van der Waals surface area contributed by atoms with Crippen LogP contribution < -0.4 is 0 Å². The van der Waals surface area contributed by atoms with Crippen LogP contribution >= 0.6 is 31.9 Å². The van der Waals surface area contributed by atoms with Gasteiger partial charge < -0.3 is 4.74 Å². The Morgan fingerprint density at radius 1 is 1.26 bits per heavy atom. The van der Waals surface area contributed by atoms with Crippen LogP contribution in [0.25, 0.3) is 0 Å². The van der Waals surface area contributed by atoms with Crippen LogP contribution in [0.2, 0.25) is 0 Å². The minimum absolute atomic E-state index is 0.181. The molecule has 2 rings (SSSR count). The Balaban J connectivity index is 1.82. The molecular weight excluding hydrogens is 377 g/mol. The van der Waals surface area contributed by atoms with Gasteiger partial charge in [0.2, 0.25) is 0 Å². The highest BCUT2D eigenvalue weighted by atomic mass is 79.9. The molecule has 5 heteroatoms. The van der Waals surface area contributed by atoms with Crippen LogP contribution in [-0.4, -0.2) is 36.0 Å². The van der Waals surface area contributed by atoms with Crippen molar-refractivity contribution in [3.63, 3.8) is 0 Å². The van der Waals surface area contributed by atoms with E-state index in [9.17, 15) is 4.39 Å². The molecule has 1 aromatic rings. The smallest absolute Gasteiger partial charge is 0.124 e. The average molecular weight is 395 g/mol. The van der Waals surface area contributed by atoms with E-state index in [-0.39, 0.29) is 5.82 Å². The Kier molecular flexibility index (Phi) is 6.26. The maximum Gasteiger partial charge on any atom is 0.124 e.